The van der Waals surface area contributed by atoms with E-state index in [2.05, 4.69) is 0 Å². The van der Waals surface area contributed by atoms with E-state index in [-0.39, 0.29) is 17.7 Å². The summed E-state index contributed by atoms with van der Waals surface area (Å²) in [6.07, 6.45) is 0. The van der Waals surface area contributed by atoms with Gasteiger partial charge in [0.1, 0.15) is 11.6 Å². The molecule has 0 heterocycles. The molecule has 0 aliphatic carbocycles. The van der Waals surface area contributed by atoms with E-state index in [1.54, 1.807) is 13.8 Å². The Kier molecular flexibility index (Phi) is 2.82. The smallest absolute Gasteiger partial charge is 0.134 e. The molecule has 0 spiro atoms. The van der Waals surface area contributed by atoms with Crippen molar-refractivity contribution in [1.82, 2.24) is 5.06 Å². The van der Waals surface area contributed by atoms with E-state index in [0.29, 0.717) is 5.06 Å². The van der Waals surface area contributed by atoms with Gasteiger partial charge in [-0.25, -0.2) is 0 Å². The average Bonchev–Trinajstić information content (AvgIpc) is 1.84. The molecule has 0 aromatic carbocycles. The third kappa shape index (κ3) is 2.02. The summed E-state index contributed by atoms with van der Waals surface area (Å²) in [6.45, 7) is 3.39. The van der Waals surface area contributed by atoms with Crippen molar-refractivity contribution in [2.45, 2.75) is 19.9 Å². The first-order valence-electron chi connectivity index (χ1n) is 2.94. The fraction of sp³-hybridized carbons (Fsp3) is 0.600. The Morgan fingerprint density at radius 3 is 1.80 bits per heavy atom. The van der Waals surface area contributed by atoms with Gasteiger partial charge in [0, 0.05) is 6.04 Å². The Balaban J connectivity index is 4.22. The fourth-order valence-corrected chi connectivity index (χ4v) is 0.405. The topological polar surface area (TPSA) is 104 Å². The molecule has 0 aliphatic rings. The summed E-state index contributed by atoms with van der Waals surface area (Å²) in [6, 6.07) is -0.234. The van der Waals surface area contributed by atoms with Crippen molar-refractivity contribution >= 4 is 0 Å². The van der Waals surface area contributed by atoms with Crippen molar-refractivity contribution in [3.8, 4) is 0 Å². The van der Waals surface area contributed by atoms with Gasteiger partial charge in [-0.15, -0.1) is 0 Å². The highest BCUT2D eigenvalue weighted by Crippen LogP contribution is 2.00. The first kappa shape index (κ1) is 8.90. The van der Waals surface area contributed by atoms with Gasteiger partial charge in [0.05, 0.1) is 0 Å². The molecule has 60 valence electrons. The predicted molar refractivity (Wildman–Crippen MR) is 39.9 cm³/mol. The standard InChI is InChI=1S/C5H13N4O/c1-3(2)9(10)5(8)4(6)7/h3H,6-8H2,1-2H3/q-1. The van der Waals surface area contributed by atoms with Crippen LogP contribution in [0.1, 0.15) is 13.8 Å². The molecular weight excluding hydrogens is 132 g/mol. The van der Waals surface area contributed by atoms with Gasteiger partial charge in [0.15, 0.2) is 0 Å². The van der Waals surface area contributed by atoms with E-state index in [4.69, 9.17) is 17.2 Å². The molecular formula is C5H13N4O-. The van der Waals surface area contributed by atoms with Crippen molar-refractivity contribution in [2.24, 2.45) is 17.2 Å². The lowest BCUT2D eigenvalue weighted by molar-refractivity contribution is 0.377. The number of hydrogen-bond acceptors (Lipinski definition) is 5. The van der Waals surface area contributed by atoms with E-state index in [0.717, 1.165) is 0 Å². The summed E-state index contributed by atoms with van der Waals surface area (Å²) < 4.78 is 0. The summed E-state index contributed by atoms with van der Waals surface area (Å²) >= 11 is 0. The van der Waals surface area contributed by atoms with Gasteiger partial charge in [-0.2, -0.15) is 0 Å². The summed E-state index contributed by atoms with van der Waals surface area (Å²) in [5, 5.41) is 11.4. The minimum absolute atomic E-state index is 0.116. The highest BCUT2D eigenvalue weighted by molar-refractivity contribution is 5.03. The van der Waals surface area contributed by atoms with Crippen LogP contribution in [0.4, 0.5) is 0 Å². The van der Waals surface area contributed by atoms with Crippen molar-refractivity contribution in [2.75, 3.05) is 0 Å². The zero-order valence-electron chi connectivity index (χ0n) is 6.16. The molecule has 0 unspecified atom stereocenters. The zero-order valence-corrected chi connectivity index (χ0v) is 6.16. The van der Waals surface area contributed by atoms with E-state index in [9.17, 15) is 5.21 Å². The van der Waals surface area contributed by atoms with Gasteiger partial charge < -0.3 is 27.5 Å². The predicted octanol–water partition coefficient (Wildman–Crippen LogP) is -0.803. The summed E-state index contributed by atoms with van der Waals surface area (Å²) in [7, 11) is 0. The molecule has 10 heavy (non-hydrogen) atoms. The van der Waals surface area contributed by atoms with Crippen molar-refractivity contribution in [3.63, 3.8) is 0 Å². The van der Waals surface area contributed by atoms with Crippen LogP contribution < -0.4 is 17.2 Å². The molecule has 0 saturated carbocycles. The average molecular weight is 145 g/mol. The SMILES string of the molecule is CC(C)N([O-])C(N)=C(N)N. The summed E-state index contributed by atoms with van der Waals surface area (Å²) in [4.78, 5) is 0. The Morgan fingerprint density at radius 2 is 1.70 bits per heavy atom. The van der Waals surface area contributed by atoms with Gasteiger partial charge in [0.2, 0.25) is 0 Å². The highest BCUT2D eigenvalue weighted by atomic mass is 16.5. The molecule has 0 atom stereocenters. The second-order valence-electron chi connectivity index (χ2n) is 2.26. The lowest BCUT2D eigenvalue weighted by atomic mass is 10.4. The van der Waals surface area contributed by atoms with Gasteiger partial charge in [0.25, 0.3) is 0 Å². The minimum Gasteiger partial charge on any atom is -0.757 e. The molecule has 0 aromatic rings. The van der Waals surface area contributed by atoms with Crippen LogP contribution in [0.3, 0.4) is 0 Å². The van der Waals surface area contributed by atoms with Crippen LogP contribution in [0.25, 0.3) is 0 Å². The maximum Gasteiger partial charge on any atom is 0.134 e. The molecule has 6 N–H and O–H groups in total. The molecule has 0 fully saturated rings. The second kappa shape index (κ2) is 3.17. The van der Waals surface area contributed by atoms with Gasteiger partial charge >= 0.3 is 0 Å². The highest BCUT2D eigenvalue weighted by Gasteiger charge is 2.00. The molecule has 0 saturated heterocycles. The number of nitrogens with zero attached hydrogens (tertiary/aromatic N) is 1. The van der Waals surface area contributed by atoms with E-state index < -0.39 is 0 Å². The largest absolute Gasteiger partial charge is 0.757 e. The third-order valence-corrected chi connectivity index (χ3v) is 1.00. The van der Waals surface area contributed by atoms with E-state index in [1.165, 1.54) is 0 Å². The molecule has 0 bridgehead atoms. The lowest BCUT2D eigenvalue weighted by Gasteiger charge is -2.34. The van der Waals surface area contributed by atoms with E-state index >= 15 is 0 Å². The van der Waals surface area contributed by atoms with Crippen LogP contribution in [0.5, 0.6) is 0 Å². The maximum absolute atomic E-state index is 10.9. The van der Waals surface area contributed by atoms with Crippen LogP contribution in [0.15, 0.2) is 11.6 Å². The first-order chi connectivity index (χ1) is 4.46. The van der Waals surface area contributed by atoms with Gasteiger partial charge in [-0.1, -0.05) is 0 Å². The Morgan fingerprint density at radius 1 is 1.30 bits per heavy atom. The van der Waals surface area contributed by atoms with Gasteiger partial charge in [-0.3, -0.25) is 0 Å². The minimum atomic E-state index is -0.234. The molecule has 5 heteroatoms. The molecule has 0 aliphatic heterocycles. The normalized spacial score (nSPS) is 9.60. The Hall–Kier alpha value is -1.10. The molecule has 0 radical (unpaired) electrons. The summed E-state index contributed by atoms with van der Waals surface area (Å²) in [5.41, 5.74) is 15.3. The van der Waals surface area contributed by atoms with Crippen molar-refractivity contribution < 1.29 is 0 Å². The number of nitrogens with two attached hydrogens (primary N) is 3. The van der Waals surface area contributed by atoms with Crippen LogP contribution >= 0.6 is 0 Å². The van der Waals surface area contributed by atoms with Crippen molar-refractivity contribution in [3.05, 3.63) is 16.8 Å². The van der Waals surface area contributed by atoms with Crippen LogP contribution in [0, 0.1) is 5.21 Å². The van der Waals surface area contributed by atoms with Crippen molar-refractivity contribution in [1.29, 1.82) is 0 Å². The number of rotatable bonds is 2. The molecule has 0 rings (SSSR count). The monoisotopic (exact) mass is 145 g/mol. The van der Waals surface area contributed by atoms with Crippen LogP contribution in [0.2, 0.25) is 0 Å². The third-order valence-electron chi connectivity index (χ3n) is 1.00. The van der Waals surface area contributed by atoms with Gasteiger partial charge in [-0.05, 0) is 13.8 Å². The Bertz CT molecular complexity index is 139. The van der Waals surface area contributed by atoms with Crippen LogP contribution in [-0.2, 0) is 0 Å². The first-order valence-corrected chi connectivity index (χ1v) is 2.94. The maximum atomic E-state index is 10.9. The number of hydrogen-bond donors (Lipinski definition) is 3. The molecule has 0 amide bonds. The quantitative estimate of drug-likeness (QED) is 0.441. The Labute approximate surface area is 60.0 Å². The number of hydroxylamine groups is 2. The fourth-order valence-electron chi connectivity index (χ4n) is 0.405. The van der Waals surface area contributed by atoms with E-state index in [1.807, 2.05) is 0 Å². The second-order valence-corrected chi connectivity index (χ2v) is 2.26. The van der Waals surface area contributed by atoms with Crippen LogP contribution in [-0.4, -0.2) is 11.1 Å². The molecule has 5 nitrogen and oxygen atoms in total. The summed E-state index contributed by atoms with van der Waals surface area (Å²) in [5.74, 6) is -0.251. The zero-order chi connectivity index (χ0) is 8.31. The molecule has 0 aromatic heterocycles. The lowest BCUT2D eigenvalue weighted by Crippen LogP contribution is -2.33.